The number of likely N-dealkylation sites (tertiary alicyclic amines) is 1. The maximum atomic E-state index is 11.6. The average Bonchev–Trinajstić information content (AvgIpc) is 2.37. The molecular weight excluding hydrogens is 228 g/mol. The van der Waals surface area contributed by atoms with Gasteiger partial charge in [-0.1, -0.05) is 0 Å². The molecule has 1 saturated heterocycles. The quantitative estimate of drug-likeness (QED) is 0.405. The van der Waals surface area contributed by atoms with Gasteiger partial charge in [-0.3, -0.25) is 14.5 Å². The van der Waals surface area contributed by atoms with Crippen LogP contribution in [0.4, 0.5) is 0 Å². The first-order valence-corrected chi connectivity index (χ1v) is 5.56. The zero-order valence-corrected chi connectivity index (χ0v) is 10.2. The largest absolute Gasteiger partial charge is 0.325 e. The van der Waals surface area contributed by atoms with Gasteiger partial charge < -0.3 is 10.5 Å². The molecule has 0 aromatic rings. The Kier molecular flexibility index (Phi) is 3.75. The molecule has 0 aromatic heterocycles. The fourth-order valence-electron chi connectivity index (χ4n) is 1.72. The van der Waals surface area contributed by atoms with Crippen molar-refractivity contribution in [3.05, 3.63) is 0 Å². The third kappa shape index (κ3) is 2.82. The van der Waals surface area contributed by atoms with Gasteiger partial charge in [0.15, 0.2) is 0 Å². The van der Waals surface area contributed by atoms with Crippen molar-refractivity contribution in [2.45, 2.75) is 43.5 Å². The van der Waals surface area contributed by atoms with Crippen LogP contribution in [0.15, 0.2) is 0 Å². The summed E-state index contributed by atoms with van der Waals surface area (Å²) in [6.45, 7) is 3.49. The van der Waals surface area contributed by atoms with E-state index >= 15 is 0 Å². The number of nitrogens with two attached hydrogens (primary N) is 1. The summed E-state index contributed by atoms with van der Waals surface area (Å²) in [4.78, 5) is 35.1. The van der Waals surface area contributed by atoms with Gasteiger partial charge in [0.2, 0.25) is 11.8 Å². The van der Waals surface area contributed by atoms with E-state index in [0.29, 0.717) is 6.29 Å². The third-order valence-corrected chi connectivity index (χ3v) is 2.79. The van der Waals surface area contributed by atoms with Crippen LogP contribution in [0.1, 0.15) is 26.7 Å². The van der Waals surface area contributed by atoms with Crippen molar-refractivity contribution < 1.29 is 14.4 Å². The van der Waals surface area contributed by atoms with E-state index < -0.39 is 22.7 Å². The standard InChI is InChI=1S/C10H16N2O3S/c1-10(2,11)4-6(5-13)12-8(14)3-7(16)9(12)15/h5-7,16H,3-4,11H2,1-2H3. The number of hydrogen-bond acceptors (Lipinski definition) is 5. The van der Waals surface area contributed by atoms with Crippen LogP contribution in [0.5, 0.6) is 0 Å². The molecule has 2 atom stereocenters. The summed E-state index contributed by atoms with van der Waals surface area (Å²) in [5.74, 6) is -0.763. The highest BCUT2D eigenvalue weighted by atomic mass is 32.1. The zero-order chi connectivity index (χ0) is 12.5. The van der Waals surface area contributed by atoms with E-state index in [1.807, 2.05) is 0 Å². The molecule has 2 unspecified atom stereocenters. The van der Waals surface area contributed by atoms with Crippen molar-refractivity contribution in [1.82, 2.24) is 4.90 Å². The fraction of sp³-hybridized carbons (Fsp3) is 0.700. The lowest BCUT2D eigenvalue weighted by molar-refractivity contribution is -0.143. The Morgan fingerprint density at radius 1 is 1.62 bits per heavy atom. The number of thiol groups is 1. The molecule has 2 N–H and O–H groups in total. The first-order chi connectivity index (χ1) is 7.26. The van der Waals surface area contributed by atoms with E-state index in [9.17, 15) is 14.4 Å². The van der Waals surface area contributed by atoms with Crippen molar-refractivity contribution in [2.24, 2.45) is 5.73 Å². The molecule has 0 saturated carbocycles. The van der Waals surface area contributed by atoms with Crippen LogP contribution in [-0.2, 0) is 14.4 Å². The predicted molar refractivity (Wildman–Crippen MR) is 62.0 cm³/mol. The van der Waals surface area contributed by atoms with Crippen LogP contribution in [0.3, 0.4) is 0 Å². The number of imide groups is 1. The molecule has 16 heavy (non-hydrogen) atoms. The summed E-state index contributed by atoms with van der Waals surface area (Å²) in [6, 6.07) is -0.780. The summed E-state index contributed by atoms with van der Waals surface area (Å²) in [7, 11) is 0. The van der Waals surface area contributed by atoms with Gasteiger partial charge in [0.05, 0.1) is 11.3 Å². The molecule has 1 aliphatic rings. The highest BCUT2D eigenvalue weighted by Gasteiger charge is 2.41. The lowest BCUT2D eigenvalue weighted by atomic mass is 9.96. The van der Waals surface area contributed by atoms with Crippen LogP contribution in [-0.4, -0.2) is 39.8 Å². The minimum absolute atomic E-state index is 0.0529. The van der Waals surface area contributed by atoms with Crippen LogP contribution in [0.25, 0.3) is 0 Å². The zero-order valence-electron chi connectivity index (χ0n) is 9.34. The van der Waals surface area contributed by atoms with Gasteiger partial charge in [-0.25, -0.2) is 0 Å². The molecule has 0 radical (unpaired) electrons. The molecule has 1 heterocycles. The molecule has 5 nitrogen and oxygen atoms in total. The van der Waals surface area contributed by atoms with Crippen molar-refractivity contribution in [3.8, 4) is 0 Å². The van der Waals surface area contributed by atoms with Gasteiger partial charge in [-0.2, -0.15) is 12.6 Å². The number of rotatable bonds is 4. The molecule has 2 amide bonds. The first-order valence-electron chi connectivity index (χ1n) is 5.04. The fourth-order valence-corrected chi connectivity index (χ4v) is 2.00. The Balaban J connectivity index is 2.85. The van der Waals surface area contributed by atoms with Crippen molar-refractivity contribution >= 4 is 30.7 Å². The molecular formula is C10H16N2O3S. The molecule has 6 heteroatoms. The van der Waals surface area contributed by atoms with Crippen LogP contribution in [0.2, 0.25) is 0 Å². The Labute approximate surface area is 99.8 Å². The Bertz CT molecular complexity index is 325. The summed E-state index contributed by atoms with van der Waals surface area (Å²) < 4.78 is 0. The summed E-state index contributed by atoms with van der Waals surface area (Å²) >= 11 is 3.99. The lowest BCUT2D eigenvalue weighted by Crippen LogP contribution is -2.47. The highest BCUT2D eigenvalue weighted by molar-refractivity contribution is 7.81. The maximum absolute atomic E-state index is 11.6. The molecule has 1 fully saturated rings. The number of carbonyl (C=O) groups excluding carboxylic acids is 3. The van der Waals surface area contributed by atoms with E-state index in [0.717, 1.165) is 4.90 Å². The lowest BCUT2D eigenvalue weighted by Gasteiger charge is -2.28. The summed E-state index contributed by atoms with van der Waals surface area (Å²) in [6.07, 6.45) is 0.905. The number of aldehydes is 1. The first kappa shape index (κ1) is 13.2. The maximum Gasteiger partial charge on any atom is 0.243 e. The van der Waals surface area contributed by atoms with Gasteiger partial charge in [0.25, 0.3) is 0 Å². The molecule has 0 aromatic carbocycles. The number of carbonyl (C=O) groups is 3. The van der Waals surface area contributed by atoms with Crippen molar-refractivity contribution in [3.63, 3.8) is 0 Å². The Morgan fingerprint density at radius 3 is 2.50 bits per heavy atom. The number of hydrogen-bond donors (Lipinski definition) is 2. The highest BCUT2D eigenvalue weighted by Crippen LogP contribution is 2.23. The van der Waals surface area contributed by atoms with E-state index in [2.05, 4.69) is 12.6 Å². The van der Waals surface area contributed by atoms with Gasteiger partial charge in [-0.15, -0.1) is 0 Å². The molecule has 1 aliphatic heterocycles. The van der Waals surface area contributed by atoms with Gasteiger partial charge in [-0.05, 0) is 20.3 Å². The SMILES string of the molecule is CC(C)(N)CC(C=O)N1C(=O)CC(S)C1=O. The van der Waals surface area contributed by atoms with Crippen LogP contribution >= 0.6 is 12.6 Å². The molecule has 0 aliphatic carbocycles. The van der Waals surface area contributed by atoms with E-state index in [1.165, 1.54) is 0 Å². The van der Waals surface area contributed by atoms with Crippen molar-refractivity contribution in [2.75, 3.05) is 0 Å². The van der Waals surface area contributed by atoms with E-state index in [-0.39, 0.29) is 18.7 Å². The number of nitrogens with zero attached hydrogens (tertiary/aromatic N) is 1. The molecule has 90 valence electrons. The van der Waals surface area contributed by atoms with E-state index in [1.54, 1.807) is 13.8 Å². The summed E-state index contributed by atoms with van der Waals surface area (Å²) in [5, 5.41) is -0.629. The third-order valence-electron chi connectivity index (χ3n) is 2.38. The normalized spacial score (nSPS) is 23.8. The second-order valence-corrected chi connectivity index (χ2v) is 5.34. The molecule has 0 bridgehead atoms. The molecule has 1 rings (SSSR count). The van der Waals surface area contributed by atoms with Crippen molar-refractivity contribution in [1.29, 1.82) is 0 Å². The van der Waals surface area contributed by atoms with Gasteiger partial charge in [0, 0.05) is 12.0 Å². The number of amides is 2. The summed E-state index contributed by atoms with van der Waals surface area (Å²) in [5.41, 5.74) is 5.17. The Morgan fingerprint density at radius 2 is 2.19 bits per heavy atom. The smallest absolute Gasteiger partial charge is 0.243 e. The second-order valence-electron chi connectivity index (χ2n) is 4.72. The average molecular weight is 244 g/mol. The Hall–Kier alpha value is -0.880. The minimum atomic E-state index is -0.780. The molecule has 0 spiro atoms. The van der Waals surface area contributed by atoms with Gasteiger partial charge >= 0.3 is 0 Å². The van der Waals surface area contributed by atoms with Crippen LogP contribution < -0.4 is 5.73 Å². The minimum Gasteiger partial charge on any atom is -0.325 e. The van der Waals surface area contributed by atoms with Gasteiger partial charge in [0.1, 0.15) is 6.29 Å². The van der Waals surface area contributed by atoms with Crippen LogP contribution in [0, 0.1) is 0 Å². The monoisotopic (exact) mass is 244 g/mol. The van der Waals surface area contributed by atoms with E-state index in [4.69, 9.17) is 5.73 Å². The second kappa shape index (κ2) is 4.55. The predicted octanol–water partition coefficient (Wildman–Crippen LogP) is -0.261. The topological polar surface area (TPSA) is 80.5 Å².